The van der Waals surface area contributed by atoms with Gasteiger partial charge < -0.3 is 14.7 Å². The van der Waals surface area contributed by atoms with Crippen molar-refractivity contribution in [2.45, 2.75) is 13.3 Å². The minimum absolute atomic E-state index is 0.152. The SMILES string of the molecule is C=CCOC(=O)N1CC[C@@](C)(C(=O)O)C1. The number of carboxylic acid groups (broad SMARTS) is 1. The molecule has 1 atom stereocenters. The van der Waals surface area contributed by atoms with Crippen molar-refractivity contribution in [3.8, 4) is 0 Å². The first-order valence-electron chi connectivity index (χ1n) is 4.75. The van der Waals surface area contributed by atoms with Crippen LogP contribution in [0.4, 0.5) is 4.79 Å². The van der Waals surface area contributed by atoms with Gasteiger partial charge in [0.2, 0.25) is 0 Å². The largest absolute Gasteiger partial charge is 0.481 e. The summed E-state index contributed by atoms with van der Waals surface area (Å²) < 4.78 is 4.82. The molecule has 0 aliphatic carbocycles. The van der Waals surface area contributed by atoms with Gasteiger partial charge in [0, 0.05) is 13.1 Å². The average Bonchev–Trinajstić information content (AvgIpc) is 2.59. The molecule has 0 unspecified atom stereocenters. The number of ether oxygens (including phenoxy) is 1. The highest BCUT2D eigenvalue weighted by Crippen LogP contribution is 2.30. The lowest BCUT2D eigenvalue weighted by molar-refractivity contribution is -0.147. The lowest BCUT2D eigenvalue weighted by atomic mass is 9.90. The molecule has 1 aliphatic heterocycles. The molecule has 0 saturated carbocycles. The molecule has 5 nitrogen and oxygen atoms in total. The Labute approximate surface area is 88.3 Å². The summed E-state index contributed by atoms with van der Waals surface area (Å²) in [6, 6.07) is 0. The summed E-state index contributed by atoms with van der Waals surface area (Å²) in [7, 11) is 0. The van der Waals surface area contributed by atoms with Crippen molar-refractivity contribution in [3.05, 3.63) is 12.7 Å². The van der Waals surface area contributed by atoms with Crippen molar-refractivity contribution in [1.29, 1.82) is 0 Å². The van der Waals surface area contributed by atoms with Gasteiger partial charge in [-0.3, -0.25) is 4.79 Å². The fourth-order valence-electron chi connectivity index (χ4n) is 1.51. The maximum Gasteiger partial charge on any atom is 0.410 e. The second kappa shape index (κ2) is 4.33. The van der Waals surface area contributed by atoms with Crippen LogP contribution in [0.3, 0.4) is 0 Å². The van der Waals surface area contributed by atoms with E-state index in [1.807, 2.05) is 0 Å². The molecule has 0 radical (unpaired) electrons. The lowest BCUT2D eigenvalue weighted by Crippen LogP contribution is -2.35. The summed E-state index contributed by atoms with van der Waals surface area (Å²) in [5, 5.41) is 8.95. The Hall–Kier alpha value is -1.52. The molecule has 0 aromatic rings. The molecule has 15 heavy (non-hydrogen) atoms. The summed E-state index contributed by atoms with van der Waals surface area (Å²) in [5.41, 5.74) is -0.840. The second-order valence-electron chi connectivity index (χ2n) is 3.90. The van der Waals surface area contributed by atoms with Crippen molar-refractivity contribution >= 4 is 12.1 Å². The smallest absolute Gasteiger partial charge is 0.410 e. The highest BCUT2D eigenvalue weighted by atomic mass is 16.6. The van der Waals surface area contributed by atoms with Crippen LogP contribution in [0, 0.1) is 5.41 Å². The van der Waals surface area contributed by atoms with Gasteiger partial charge in [0.15, 0.2) is 0 Å². The maximum absolute atomic E-state index is 11.4. The Morgan fingerprint density at radius 1 is 1.67 bits per heavy atom. The van der Waals surface area contributed by atoms with Gasteiger partial charge >= 0.3 is 12.1 Å². The molecule has 0 aromatic carbocycles. The third-order valence-corrected chi connectivity index (χ3v) is 2.57. The van der Waals surface area contributed by atoms with E-state index in [1.165, 1.54) is 11.0 Å². The number of rotatable bonds is 3. The fourth-order valence-corrected chi connectivity index (χ4v) is 1.51. The van der Waals surface area contributed by atoms with Gasteiger partial charge in [0.1, 0.15) is 6.61 Å². The fraction of sp³-hybridized carbons (Fsp3) is 0.600. The van der Waals surface area contributed by atoms with E-state index in [0.717, 1.165) is 0 Å². The first-order valence-corrected chi connectivity index (χ1v) is 4.75. The number of carbonyl (C=O) groups is 2. The third kappa shape index (κ3) is 2.49. The molecule has 1 aliphatic rings. The van der Waals surface area contributed by atoms with Gasteiger partial charge in [0.05, 0.1) is 5.41 Å². The highest BCUT2D eigenvalue weighted by Gasteiger charge is 2.42. The predicted octanol–water partition coefficient (Wildman–Crippen LogP) is 1.11. The van der Waals surface area contributed by atoms with Crippen LogP contribution in [-0.4, -0.2) is 41.8 Å². The number of carboxylic acids is 1. The van der Waals surface area contributed by atoms with Gasteiger partial charge in [-0.1, -0.05) is 12.7 Å². The van der Waals surface area contributed by atoms with Gasteiger partial charge in [0.25, 0.3) is 0 Å². The van der Waals surface area contributed by atoms with E-state index in [2.05, 4.69) is 6.58 Å². The summed E-state index contributed by atoms with van der Waals surface area (Å²) >= 11 is 0. The van der Waals surface area contributed by atoms with E-state index < -0.39 is 17.5 Å². The van der Waals surface area contributed by atoms with Crippen molar-refractivity contribution < 1.29 is 19.4 Å². The maximum atomic E-state index is 11.4. The van der Waals surface area contributed by atoms with Crippen LogP contribution >= 0.6 is 0 Å². The number of hydrogen-bond donors (Lipinski definition) is 1. The van der Waals surface area contributed by atoms with Crippen LogP contribution in [0.25, 0.3) is 0 Å². The predicted molar refractivity (Wildman–Crippen MR) is 53.5 cm³/mol. The summed E-state index contributed by atoms with van der Waals surface area (Å²) in [4.78, 5) is 23.7. The van der Waals surface area contributed by atoms with Crippen molar-refractivity contribution in [2.24, 2.45) is 5.41 Å². The number of nitrogens with zero attached hydrogens (tertiary/aromatic N) is 1. The molecule has 84 valence electrons. The number of amides is 1. The Morgan fingerprint density at radius 2 is 2.33 bits per heavy atom. The molecule has 1 fully saturated rings. The zero-order valence-electron chi connectivity index (χ0n) is 8.73. The zero-order valence-corrected chi connectivity index (χ0v) is 8.73. The van der Waals surface area contributed by atoms with E-state index in [-0.39, 0.29) is 13.2 Å². The first-order chi connectivity index (χ1) is 6.99. The topological polar surface area (TPSA) is 66.8 Å². The van der Waals surface area contributed by atoms with E-state index in [1.54, 1.807) is 6.92 Å². The molecule has 1 heterocycles. The highest BCUT2D eigenvalue weighted by molar-refractivity contribution is 5.77. The molecule has 5 heteroatoms. The van der Waals surface area contributed by atoms with Gasteiger partial charge in [-0.05, 0) is 13.3 Å². The molecular formula is C10H15NO4. The van der Waals surface area contributed by atoms with Crippen molar-refractivity contribution in [3.63, 3.8) is 0 Å². The Morgan fingerprint density at radius 3 is 2.80 bits per heavy atom. The quantitative estimate of drug-likeness (QED) is 0.713. The van der Waals surface area contributed by atoms with E-state index in [9.17, 15) is 9.59 Å². The summed E-state index contributed by atoms with van der Waals surface area (Å²) in [5.74, 6) is -0.874. The molecule has 1 rings (SSSR count). The Balaban J connectivity index is 2.52. The molecule has 1 N–H and O–H groups in total. The van der Waals surface area contributed by atoms with Crippen LogP contribution in [-0.2, 0) is 9.53 Å². The van der Waals surface area contributed by atoms with Crippen LogP contribution in [0.1, 0.15) is 13.3 Å². The van der Waals surface area contributed by atoms with Crippen LogP contribution < -0.4 is 0 Å². The van der Waals surface area contributed by atoms with Gasteiger partial charge in [-0.2, -0.15) is 0 Å². The Kier molecular flexibility index (Phi) is 3.34. The molecule has 1 amide bonds. The minimum atomic E-state index is -0.874. The molecule has 0 spiro atoms. The van der Waals surface area contributed by atoms with Crippen LogP contribution in [0.5, 0.6) is 0 Å². The van der Waals surface area contributed by atoms with E-state index >= 15 is 0 Å². The standard InChI is InChI=1S/C10H15NO4/c1-3-6-15-9(14)11-5-4-10(2,7-11)8(12)13/h3H,1,4-7H2,2H3,(H,12,13)/t10-/m1/s1. The monoisotopic (exact) mass is 213 g/mol. The number of aliphatic carboxylic acids is 1. The molecule has 1 saturated heterocycles. The van der Waals surface area contributed by atoms with Crippen molar-refractivity contribution in [1.82, 2.24) is 4.90 Å². The normalized spacial score (nSPS) is 25.0. The van der Waals surface area contributed by atoms with Crippen LogP contribution in [0.2, 0.25) is 0 Å². The van der Waals surface area contributed by atoms with E-state index in [0.29, 0.717) is 13.0 Å². The summed E-state index contributed by atoms with van der Waals surface area (Å²) in [6.45, 7) is 5.85. The summed E-state index contributed by atoms with van der Waals surface area (Å²) in [6.07, 6.45) is 1.47. The van der Waals surface area contributed by atoms with Gasteiger partial charge in [-0.15, -0.1) is 0 Å². The number of likely N-dealkylation sites (tertiary alicyclic amines) is 1. The number of hydrogen-bond acceptors (Lipinski definition) is 3. The zero-order chi connectivity index (χ0) is 11.5. The average molecular weight is 213 g/mol. The third-order valence-electron chi connectivity index (χ3n) is 2.57. The molecule has 0 bridgehead atoms. The van der Waals surface area contributed by atoms with Crippen molar-refractivity contribution in [2.75, 3.05) is 19.7 Å². The minimum Gasteiger partial charge on any atom is -0.481 e. The molecule has 0 aromatic heterocycles. The second-order valence-corrected chi connectivity index (χ2v) is 3.90. The van der Waals surface area contributed by atoms with Gasteiger partial charge in [-0.25, -0.2) is 4.79 Å². The van der Waals surface area contributed by atoms with Crippen LogP contribution in [0.15, 0.2) is 12.7 Å². The Bertz CT molecular complexity index is 289. The first kappa shape index (κ1) is 11.6. The number of carbonyl (C=O) groups excluding carboxylic acids is 1. The van der Waals surface area contributed by atoms with E-state index in [4.69, 9.17) is 9.84 Å². The lowest BCUT2D eigenvalue weighted by Gasteiger charge is -2.19. The molecular weight excluding hydrogens is 198 g/mol.